The Labute approximate surface area is 180 Å². The van der Waals surface area contributed by atoms with E-state index < -0.39 is 0 Å². The van der Waals surface area contributed by atoms with E-state index in [1.807, 2.05) is 38.1 Å². The largest absolute Gasteiger partial charge is 0.251 e. The minimum atomic E-state index is 0.424. The third-order valence-electron chi connectivity index (χ3n) is 5.25. The van der Waals surface area contributed by atoms with Crippen LogP contribution in [0.4, 0.5) is 11.4 Å². The summed E-state index contributed by atoms with van der Waals surface area (Å²) in [4.78, 5) is 14.6. The first kappa shape index (κ1) is 21.6. The Morgan fingerprint density at radius 3 is 1.93 bits per heavy atom. The van der Waals surface area contributed by atoms with E-state index in [0.717, 1.165) is 34.2 Å². The van der Waals surface area contributed by atoms with Crippen molar-refractivity contribution in [2.45, 2.75) is 54.4 Å². The number of aromatic nitrogens is 1. The van der Waals surface area contributed by atoms with Gasteiger partial charge in [-0.05, 0) is 75.4 Å². The molecule has 3 heteroatoms. The van der Waals surface area contributed by atoms with Gasteiger partial charge in [0.1, 0.15) is 0 Å². The van der Waals surface area contributed by atoms with Gasteiger partial charge < -0.3 is 0 Å². The van der Waals surface area contributed by atoms with Crippen LogP contribution in [0.2, 0.25) is 0 Å². The average molecular weight is 398 g/mol. The van der Waals surface area contributed by atoms with Gasteiger partial charge in [0.05, 0.1) is 34.2 Å². The Kier molecular flexibility index (Phi) is 6.61. The molecule has 0 N–H and O–H groups in total. The van der Waals surface area contributed by atoms with Crippen LogP contribution >= 0.6 is 0 Å². The molecule has 0 fully saturated rings. The molecule has 3 aromatic rings. The molecule has 0 aliphatic carbocycles. The van der Waals surface area contributed by atoms with Crippen molar-refractivity contribution in [1.29, 1.82) is 0 Å². The van der Waals surface area contributed by atoms with Crippen molar-refractivity contribution in [2.24, 2.45) is 9.98 Å². The third kappa shape index (κ3) is 4.91. The van der Waals surface area contributed by atoms with Crippen LogP contribution in [-0.4, -0.2) is 16.4 Å². The molecule has 0 saturated carbocycles. The second kappa shape index (κ2) is 9.17. The molecule has 0 aliphatic rings. The lowest BCUT2D eigenvalue weighted by Crippen LogP contribution is -2.05. The average Bonchev–Trinajstić information content (AvgIpc) is 2.70. The topological polar surface area (TPSA) is 37.6 Å². The molecule has 30 heavy (non-hydrogen) atoms. The molecule has 0 radical (unpaired) electrons. The fraction of sp³-hybridized carbons (Fsp3) is 0.296. The zero-order valence-electron chi connectivity index (χ0n) is 19.1. The molecule has 0 saturated heterocycles. The first-order valence-corrected chi connectivity index (χ1v) is 10.5. The van der Waals surface area contributed by atoms with Crippen LogP contribution in [0.3, 0.4) is 0 Å². The van der Waals surface area contributed by atoms with Gasteiger partial charge in [-0.2, -0.15) is 0 Å². The maximum atomic E-state index is 4.91. The maximum absolute atomic E-state index is 4.91. The van der Waals surface area contributed by atoms with E-state index in [1.54, 1.807) is 0 Å². The Morgan fingerprint density at radius 2 is 1.33 bits per heavy atom. The van der Waals surface area contributed by atoms with Crippen molar-refractivity contribution in [3.8, 4) is 0 Å². The smallest absolute Gasteiger partial charge is 0.0849 e. The Morgan fingerprint density at radius 1 is 0.767 bits per heavy atom. The number of aryl methyl sites for hydroxylation is 3. The van der Waals surface area contributed by atoms with Crippen molar-refractivity contribution < 1.29 is 0 Å². The Balaban J connectivity index is 1.97. The zero-order chi connectivity index (χ0) is 21.8. The SMILES string of the molecule is C/C(=N\c1ccccc1C(C)C)c1cccc(/C(C)=N/c2c(C)cc(C)cc2C)n1. The highest BCUT2D eigenvalue weighted by Crippen LogP contribution is 2.27. The lowest BCUT2D eigenvalue weighted by Gasteiger charge is -2.11. The summed E-state index contributed by atoms with van der Waals surface area (Å²) >= 11 is 0. The fourth-order valence-corrected chi connectivity index (χ4v) is 3.73. The van der Waals surface area contributed by atoms with Gasteiger partial charge in [0.15, 0.2) is 0 Å². The van der Waals surface area contributed by atoms with Gasteiger partial charge in [0, 0.05) is 0 Å². The number of hydrogen-bond acceptors (Lipinski definition) is 3. The highest BCUT2D eigenvalue weighted by atomic mass is 14.8. The molecule has 0 aliphatic heterocycles. The molecule has 3 rings (SSSR count). The van der Waals surface area contributed by atoms with Crippen molar-refractivity contribution in [3.05, 3.63) is 88.2 Å². The van der Waals surface area contributed by atoms with Crippen LogP contribution in [0.15, 0.2) is 64.6 Å². The van der Waals surface area contributed by atoms with Crippen molar-refractivity contribution in [2.75, 3.05) is 0 Å². The van der Waals surface area contributed by atoms with Gasteiger partial charge in [0.2, 0.25) is 0 Å². The van der Waals surface area contributed by atoms with E-state index >= 15 is 0 Å². The van der Waals surface area contributed by atoms with E-state index in [9.17, 15) is 0 Å². The highest BCUT2D eigenvalue weighted by Gasteiger charge is 2.09. The number of rotatable bonds is 5. The minimum Gasteiger partial charge on any atom is -0.251 e. The van der Waals surface area contributed by atoms with Crippen molar-refractivity contribution in [3.63, 3.8) is 0 Å². The molecule has 3 nitrogen and oxygen atoms in total. The van der Waals surface area contributed by atoms with Gasteiger partial charge >= 0.3 is 0 Å². The van der Waals surface area contributed by atoms with Gasteiger partial charge in [-0.3, -0.25) is 9.98 Å². The molecule has 1 heterocycles. The fourth-order valence-electron chi connectivity index (χ4n) is 3.73. The number of nitrogens with zero attached hydrogens (tertiary/aromatic N) is 3. The van der Waals surface area contributed by atoms with E-state index in [0.29, 0.717) is 5.92 Å². The Hall–Kier alpha value is -3.07. The standard InChI is InChI=1S/C27H31N3/c1-17(2)23-11-8-9-12-26(23)28-21(6)24-13-10-14-25(30-24)22(7)29-27-19(4)15-18(3)16-20(27)5/h8-17H,1-7H3/b28-21+,29-22+. The summed E-state index contributed by atoms with van der Waals surface area (Å²) in [5.41, 5.74) is 10.5. The van der Waals surface area contributed by atoms with E-state index in [1.165, 1.54) is 22.3 Å². The van der Waals surface area contributed by atoms with Crippen LogP contribution in [0.25, 0.3) is 0 Å². The van der Waals surface area contributed by atoms with E-state index in [4.69, 9.17) is 15.0 Å². The van der Waals surface area contributed by atoms with Crippen LogP contribution in [-0.2, 0) is 0 Å². The summed E-state index contributed by atoms with van der Waals surface area (Å²) in [6.07, 6.45) is 0. The summed E-state index contributed by atoms with van der Waals surface area (Å²) in [6.45, 7) is 14.8. The molecule has 1 aromatic heterocycles. The number of para-hydroxylation sites is 1. The number of aliphatic imine (C=N–C) groups is 2. The van der Waals surface area contributed by atoms with Crippen LogP contribution < -0.4 is 0 Å². The minimum absolute atomic E-state index is 0.424. The summed E-state index contributed by atoms with van der Waals surface area (Å²) in [5, 5.41) is 0. The van der Waals surface area contributed by atoms with Gasteiger partial charge in [-0.1, -0.05) is 55.8 Å². The van der Waals surface area contributed by atoms with Crippen LogP contribution in [0, 0.1) is 20.8 Å². The highest BCUT2D eigenvalue weighted by molar-refractivity contribution is 6.02. The molecule has 0 unspecified atom stereocenters. The third-order valence-corrected chi connectivity index (χ3v) is 5.25. The van der Waals surface area contributed by atoms with E-state index in [2.05, 4.69) is 65.0 Å². The lowest BCUT2D eigenvalue weighted by molar-refractivity contribution is 0.867. The van der Waals surface area contributed by atoms with Crippen molar-refractivity contribution >= 4 is 22.8 Å². The summed E-state index contributed by atoms with van der Waals surface area (Å²) in [6, 6.07) is 18.7. The second-order valence-corrected chi connectivity index (χ2v) is 8.26. The molecule has 0 atom stereocenters. The normalized spacial score (nSPS) is 12.5. The second-order valence-electron chi connectivity index (χ2n) is 8.26. The first-order valence-electron chi connectivity index (χ1n) is 10.5. The van der Waals surface area contributed by atoms with Gasteiger partial charge in [0.25, 0.3) is 0 Å². The molecule has 2 aromatic carbocycles. The van der Waals surface area contributed by atoms with E-state index in [-0.39, 0.29) is 0 Å². The number of pyridine rings is 1. The number of benzene rings is 2. The quantitative estimate of drug-likeness (QED) is 0.413. The zero-order valence-corrected chi connectivity index (χ0v) is 19.1. The van der Waals surface area contributed by atoms with Gasteiger partial charge in [-0.25, -0.2) is 4.98 Å². The summed E-state index contributed by atoms with van der Waals surface area (Å²) in [5.74, 6) is 0.424. The molecular weight excluding hydrogens is 366 g/mol. The van der Waals surface area contributed by atoms with Crippen LogP contribution in [0.1, 0.15) is 67.3 Å². The molecule has 154 valence electrons. The van der Waals surface area contributed by atoms with Gasteiger partial charge in [-0.15, -0.1) is 0 Å². The Bertz CT molecular complexity index is 1100. The summed E-state index contributed by atoms with van der Waals surface area (Å²) < 4.78 is 0. The lowest BCUT2D eigenvalue weighted by atomic mass is 10.0. The summed E-state index contributed by atoms with van der Waals surface area (Å²) in [7, 11) is 0. The monoisotopic (exact) mass is 397 g/mol. The molecule has 0 spiro atoms. The predicted octanol–water partition coefficient (Wildman–Crippen LogP) is 7.41. The van der Waals surface area contributed by atoms with Crippen LogP contribution in [0.5, 0.6) is 0 Å². The maximum Gasteiger partial charge on any atom is 0.0849 e. The molecule has 0 amide bonds. The first-order chi connectivity index (χ1) is 14.3. The van der Waals surface area contributed by atoms with Crippen molar-refractivity contribution in [1.82, 2.24) is 4.98 Å². The number of hydrogen-bond donors (Lipinski definition) is 0. The predicted molar refractivity (Wildman–Crippen MR) is 129 cm³/mol. The molecular formula is C27H31N3. The molecule has 0 bridgehead atoms.